The third kappa shape index (κ3) is 3.79. The molecule has 1 aliphatic carbocycles. The van der Waals surface area contributed by atoms with E-state index in [-0.39, 0.29) is 23.6 Å². The predicted octanol–water partition coefficient (Wildman–Crippen LogP) is 3.71. The van der Waals surface area contributed by atoms with Crippen LogP contribution in [0.25, 0.3) is 10.9 Å². The van der Waals surface area contributed by atoms with Gasteiger partial charge in [0.2, 0.25) is 0 Å². The average Bonchev–Trinajstić information content (AvgIpc) is 3.32. The fourth-order valence-corrected chi connectivity index (χ4v) is 3.53. The zero-order valence-electron chi connectivity index (χ0n) is 15.1. The van der Waals surface area contributed by atoms with Gasteiger partial charge in [-0.1, -0.05) is 18.2 Å². The highest BCUT2D eigenvalue weighted by molar-refractivity contribution is 5.83. The third-order valence-corrected chi connectivity index (χ3v) is 5.06. The Kier molecular flexibility index (Phi) is 4.79. The molecule has 6 heteroatoms. The number of guanidine groups is 1. The summed E-state index contributed by atoms with van der Waals surface area (Å²) in [6.45, 7) is 0.696. The summed E-state index contributed by atoms with van der Waals surface area (Å²) in [6, 6.07) is 11.9. The van der Waals surface area contributed by atoms with Crippen LogP contribution in [0.15, 0.2) is 53.7 Å². The maximum Gasteiger partial charge on any atom is 0.191 e. The Morgan fingerprint density at radius 1 is 1.22 bits per heavy atom. The Morgan fingerprint density at radius 2 is 2.07 bits per heavy atom. The molecule has 0 saturated heterocycles. The number of H-pyrrole nitrogens is 1. The van der Waals surface area contributed by atoms with E-state index in [2.05, 4.69) is 20.6 Å². The highest BCUT2D eigenvalue weighted by Crippen LogP contribution is 2.41. The van der Waals surface area contributed by atoms with Gasteiger partial charge in [-0.15, -0.1) is 0 Å². The molecule has 2 unspecified atom stereocenters. The minimum atomic E-state index is -0.243. The molecule has 27 heavy (non-hydrogen) atoms. The van der Waals surface area contributed by atoms with E-state index >= 15 is 0 Å². The number of rotatable bonds is 5. The number of nitrogens with zero attached hydrogens (tertiary/aromatic N) is 1. The molecule has 1 aliphatic rings. The summed E-state index contributed by atoms with van der Waals surface area (Å²) in [7, 11) is 1.73. The van der Waals surface area contributed by atoms with Crippen LogP contribution in [-0.2, 0) is 6.42 Å². The SMILES string of the molecule is CN=C(NCCc1c[nH]c2cc(F)ccc12)NC1CC1c1ccccc1F. The molecule has 4 nitrogen and oxygen atoms in total. The Hall–Kier alpha value is -2.89. The number of nitrogens with one attached hydrogen (secondary N) is 3. The summed E-state index contributed by atoms with van der Waals surface area (Å²) in [5.41, 5.74) is 2.69. The second kappa shape index (κ2) is 7.39. The molecule has 0 amide bonds. The van der Waals surface area contributed by atoms with Crippen LogP contribution in [0.4, 0.5) is 8.78 Å². The van der Waals surface area contributed by atoms with Crippen molar-refractivity contribution in [2.24, 2.45) is 4.99 Å². The van der Waals surface area contributed by atoms with Crippen molar-refractivity contribution in [1.82, 2.24) is 15.6 Å². The van der Waals surface area contributed by atoms with Crippen LogP contribution in [0.2, 0.25) is 0 Å². The lowest BCUT2D eigenvalue weighted by molar-refractivity contribution is 0.607. The molecule has 1 heterocycles. The van der Waals surface area contributed by atoms with Gasteiger partial charge >= 0.3 is 0 Å². The largest absolute Gasteiger partial charge is 0.361 e. The van der Waals surface area contributed by atoms with Crippen molar-refractivity contribution >= 4 is 16.9 Å². The molecule has 0 bridgehead atoms. The number of halogens is 2. The van der Waals surface area contributed by atoms with Crippen molar-refractivity contribution < 1.29 is 8.78 Å². The highest BCUT2D eigenvalue weighted by Gasteiger charge is 2.40. The van der Waals surface area contributed by atoms with E-state index in [4.69, 9.17) is 0 Å². The van der Waals surface area contributed by atoms with Crippen molar-refractivity contribution in [2.75, 3.05) is 13.6 Å². The molecule has 2 aromatic carbocycles. The van der Waals surface area contributed by atoms with Gasteiger partial charge in [0.1, 0.15) is 11.6 Å². The molecule has 4 rings (SSSR count). The van der Waals surface area contributed by atoms with Crippen LogP contribution in [-0.4, -0.2) is 30.6 Å². The standard InChI is InChI=1S/C21H22F2N4/c1-24-21(27-20-11-17(20)16-4-2-3-5-18(16)23)25-9-8-13-12-26-19-10-14(22)6-7-15(13)19/h2-7,10,12,17,20,26H,8-9,11H2,1H3,(H2,24,25,27). The highest BCUT2D eigenvalue weighted by atomic mass is 19.1. The lowest BCUT2D eigenvalue weighted by Gasteiger charge is -2.12. The second-order valence-corrected chi connectivity index (χ2v) is 6.87. The Morgan fingerprint density at radius 3 is 2.89 bits per heavy atom. The monoisotopic (exact) mass is 368 g/mol. The van der Waals surface area contributed by atoms with E-state index in [0.717, 1.165) is 34.9 Å². The number of aliphatic imine (C=N–C) groups is 1. The van der Waals surface area contributed by atoms with Crippen LogP contribution >= 0.6 is 0 Å². The summed E-state index contributed by atoms with van der Waals surface area (Å²) in [5, 5.41) is 7.69. The van der Waals surface area contributed by atoms with Gasteiger partial charge in [-0.25, -0.2) is 8.78 Å². The third-order valence-electron chi connectivity index (χ3n) is 5.06. The van der Waals surface area contributed by atoms with E-state index in [1.165, 1.54) is 18.2 Å². The van der Waals surface area contributed by atoms with Crippen LogP contribution < -0.4 is 10.6 Å². The maximum atomic E-state index is 13.9. The summed E-state index contributed by atoms with van der Waals surface area (Å²) in [4.78, 5) is 7.36. The molecule has 0 radical (unpaired) electrons. The second-order valence-electron chi connectivity index (χ2n) is 6.87. The summed E-state index contributed by atoms with van der Waals surface area (Å²) in [5.74, 6) is 0.510. The summed E-state index contributed by atoms with van der Waals surface area (Å²) < 4.78 is 27.2. The fraction of sp³-hybridized carbons (Fsp3) is 0.286. The first-order valence-corrected chi connectivity index (χ1v) is 9.13. The summed E-state index contributed by atoms with van der Waals surface area (Å²) >= 11 is 0. The molecule has 3 N–H and O–H groups in total. The molecule has 0 aliphatic heterocycles. The number of aromatic amines is 1. The number of hydrogen-bond acceptors (Lipinski definition) is 1. The van der Waals surface area contributed by atoms with Gasteiger partial charge < -0.3 is 15.6 Å². The van der Waals surface area contributed by atoms with Gasteiger partial charge in [0.25, 0.3) is 0 Å². The molecule has 0 spiro atoms. The molecular weight excluding hydrogens is 346 g/mol. The predicted molar refractivity (Wildman–Crippen MR) is 104 cm³/mol. The van der Waals surface area contributed by atoms with E-state index in [1.54, 1.807) is 19.2 Å². The summed E-state index contributed by atoms with van der Waals surface area (Å²) in [6.07, 6.45) is 3.60. The van der Waals surface area contributed by atoms with Crippen molar-refractivity contribution in [1.29, 1.82) is 0 Å². The van der Waals surface area contributed by atoms with Crippen LogP contribution in [0.1, 0.15) is 23.5 Å². The minimum absolute atomic E-state index is 0.148. The lowest BCUT2D eigenvalue weighted by Crippen LogP contribution is -2.39. The number of fused-ring (bicyclic) bond motifs is 1. The van der Waals surface area contributed by atoms with Gasteiger partial charge in [0, 0.05) is 42.7 Å². The lowest BCUT2D eigenvalue weighted by atomic mass is 10.1. The van der Waals surface area contributed by atoms with Crippen LogP contribution in [0.3, 0.4) is 0 Å². The molecule has 1 saturated carbocycles. The van der Waals surface area contributed by atoms with Gasteiger partial charge in [0.15, 0.2) is 5.96 Å². The van der Waals surface area contributed by atoms with Gasteiger partial charge in [-0.3, -0.25) is 4.99 Å². The smallest absolute Gasteiger partial charge is 0.191 e. The molecule has 1 aromatic heterocycles. The first kappa shape index (κ1) is 17.5. The fourth-order valence-electron chi connectivity index (χ4n) is 3.53. The first-order valence-electron chi connectivity index (χ1n) is 9.13. The quantitative estimate of drug-likeness (QED) is 0.475. The molecule has 140 valence electrons. The molecular formula is C21H22F2N4. The molecule has 3 aromatic rings. The Balaban J connectivity index is 1.31. The topological polar surface area (TPSA) is 52.2 Å². The number of hydrogen-bond donors (Lipinski definition) is 3. The van der Waals surface area contributed by atoms with Gasteiger partial charge in [0.05, 0.1) is 0 Å². The van der Waals surface area contributed by atoms with Gasteiger partial charge in [-0.2, -0.15) is 0 Å². The zero-order valence-corrected chi connectivity index (χ0v) is 15.1. The number of aromatic nitrogens is 1. The Bertz CT molecular complexity index is 979. The molecule has 2 atom stereocenters. The van der Waals surface area contributed by atoms with E-state index < -0.39 is 0 Å². The van der Waals surface area contributed by atoms with Gasteiger partial charge in [-0.05, 0) is 48.2 Å². The van der Waals surface area contributed by atoms with Crippen molar-refractivity contribution in [3.63, 3.8) is 0 Å². The minimum Gasteiger partial charge on any atom is -0.361 e. The normalized spacial score (nSPS) is 19.3. The molecule has 1 fully saturated rings. The van der Waals surface area contributed by atoms with Crippen molar-refractivity contribution in [3.05, 3.63) is 71.4 Å². The van der Waals surface area contributed by atoms with Crippen molar-refractivity contribution in [3.8, 4) is 0 Å². The maximum absolute atomic E-state index is 13.9. The van der Waals surface area contributed by atoms with E-state index in [9.17, 15) is 8.78 Å². The average molecular weight is 368 g/mol. The van der Waals surface area contributed by atoms with E-state index in [0.29, 0.717) is 12.5 Å². The first-order chi connectivity index (χ1) is 13.2. The van der Waals surface area contributed by atoms with Crippen LogP contribution in [0.5, 0.6) is 0 Å². The number of benzene rings is 2. The zero-order chi connectivity index (χ0) is 18.8. The van der Waals surface area contributed by atoms with Crippen molar-refractivity contribution in [2.45, 2.75) is 24.8 Å². The Labute approximate surface area is 156 Å². The van der Waals surface area contributed by atoms with E-state index in [1.807, 2.05) is 18.3 Å². The van der Waals surface area contributed by atoms with Crippen LogP contribution in [0, 0.1) is 11.6 Å².